The lowest BCUT2D eigenvalue weighted by atomic mass is 9.66. The molecule has 0 saturated heterocycles. The fraction of sp³-hybridized carbons (Fsp3) is 0.519. The smallest absolute Gasteiger partial charge is 0.214 e. The number of hydrogen-bond acceptors (Lipinski definition) is 2. The molecule has 34 heavy (non-hydrogen) atoms. The van der Waals surface area contributed by atoms with Crippen molar-refractivity contribution in [3.05, 3.63) is 57.8 Å². The molecule has 2 aromatic rings. The van der Waals surface area contributed by atoms with Gasteiger partial charge in [-0.2, -0.15) is 0 Å². The van der Waals surface area contributed by atoms with Gasteiger partial charge in [0, 0.05) is 17.5 Å². The van der Waals surface area contributed by atoms with E-state index in [9.17, 15) is 13.4 Å². The van der Waals surface area contributed by atoms with Crippen LogP contribution in [0.1, 0.15) is 70.4 Å². The van der Waals surface area contributed by atoms with Crippen LogP contribution in [0.5, 0.6) is 0 Å². The quantitative estimate of drug-likeness (QED) is 0.441. The minimum atomic E-state index is -1.11. The fourth-order valence-electron chi connectivity index (χ4n) is 5.22. The van der Waals surface area contributed by atoms with Crippen LogP contribution < -0.4 is 9.62 Å². The SMILES string of the molecule is Cc1cccc(S(=O)NC(C)(C)C)c1.O=CN1CC2(CCC3(CC3)CC2)c2cc(Br)c(F)cc21. The Balaban J connectivity index is 0.000000173. The van der Waals surface area contributed by atoms with Crippen molar-refractivity contribution in [2.24, 2.45) is 5.41 Å². The van der Waals surface area contributed by atoms with Crippen molar-refractivity contribution in [2.45, 2.75) is 82.1 Å². The molecule has 0 radical (unpaired) electrons. The molecule has 2 spiro atoms. The Morgan fingerprint density at radius 2 is 1.74 bits per heavy atom. The molecule has 2 aromatic carbocycles. The first kappa shape index (κ1) is 25.5. The Morgan fingerprint density at radius 3 is 2.29 bits per heavy atom. The number of benzene rings is 2. The van der Waals surface area contributed by atoms with Gasteiger partial charge >= 0.3 is 0 Å². The van der Waals surface area contributed by atoms with Gasteiger partial charge in [0.1, 0.15) is 16.8 Å². The van der Waals surface area contributed by atoms with Gasteiger partial charge in [-0.25, -0.2) is 13.3 Å². The third-order valence-electron chi connectivity index (χ3n) is 7.35. The number of anilines is 1. The highest BCUT2D eigenvalue weighted by atomic mass is 79.9. The van der Waals surface area contributed by atoms with Gasteiger partial charge in [0.25, 0.3) is 0 Å². The molecule has 2 saturated carbocycles. The zero-order valence-corrected chi connectivity index (χ0v) is 22.8. The van der Waals surface area contributed by atoms with Gasteiger partial charge in [-0.1, -0.05) is 12.1 Å². The molecule has 0 bridgehead atoms. The van der Waals surface area contributed by atoms with E-state index in [0.29, 0.717) is 9.89 Å². The first-order valence-corrected chi connectivity index (χ1v) is 13.9. The summed E-state index contributed by atoms with van der Waals surface area (Å²) in [4.78, 5) is 13.8. The van der Waals surface area contributed by atoms with Crippen LogP contribution >= 0.6 is 15.9 Å². The molecule has 7 heteroatoms. The van der Waals surface area contributed by atoms with Crippen molar-refractivity contribution in [1.29, 1.82) is 0 Å². The van der Waals surface area contributed by atoms with Crippen molar-refractivity contribution in [3.63, 3.8) is 0 Å². The summed E-state index contributed by atoms with van der Waals surface area (Å²) in [6.07, 6.45) is 8.37. The van der Waals surface area contributed by atoms with Crippen LogP contribution in [-0.4, -0.2) is 22.7 Å². The molecule has 1 heterocycles. The number of nitrogens with one attached hydrogen (secondary N) is 1. The highest BCUT2D eigenvalue weighted by Crippen LogP contribution is 2.62. The molecular weight excluding hydrogens is 515 g/mol. The van der Waals surface area contributed by atoms with Gasteiger partial charge < -0.3 is 4.90 Å². The monoisotopic (exact) mass is 548 g/mol. The lowest BCUT2D eigenvalue weighted by Crippen LogP contribution is -2.37. The number of hydrogen-bond donors (Lipinski definition) is 1. The number of carbonyl (C=O) groups is 1. The minimum absolute atomic E-state index is 0.0559. The number of aryl methyl sites for hydroxylation is 1. The minimum Gasteiger partial charge on any atom is -0.314 e. The topological polar surface area (TPSA) is 49.4 Å². The lowest BCUT2D eigenvalue weighted by Gasteiger charge is -2.38. The maximum absolute atomic E-state index is 13.8. The standard InChI is InChI=1S/C16H17BrFNO.C11H17NOS/c17-12-7-11-14(8-13(12)18)19(10-20)9-16(11)5-3-15(1-2-15)4-6-16;1-9-6-5-7-10(8-9)14(13)12-11(2,3)4/h7-8,10H,1-6,9H2;5-8,12H,1-4H3. The van der Waals surface area contributed by atoms with Gasteiger partial charge in [0.05, 0.1) is 15.1 Å². The second kappa shape index (κ2) is 9.47. The Kier molecular flexibility index (Phi) is 7.11. The maximum Gasteiger partial charge on any atom is 0.214 e. The van der Waals surface area contributed by atoms with E-state index in [4.69, 9.17) is 0 Å². The predicted octanol–water partition coefficient (Wildman–Crippen LogP) is 6.56. The predicted molar refractivity (Wildman–Crippen MR) is 140 cm³/mol. The molecule has 1 unspecified atom stereocenters. The summed E-state index contributed by atoms with van der Waals surface area (Å²) >= 11 is 3.29. The number of nitrogens with zero attached hydrogens (tertiary/aromatic N) is 1. The summed E-state index contributed by atoms with van der Waals surface area (Å²) in [7, 11) is -1.11. The van der Waals surface area contributed by atoms with Crippen LogP contribution in [0.3, 0.4) is 0 Å². The first-order chi connectivity index (χ1) is 16.0. The highest BCUT2D eigenvalue weighted by molar-refractivity contribution is 9.10. The highest BCUT2D eigenvalue weighted by Gasteiger charge is 2.53. The summed E-state index contributed by atoms with van der Waals surface area (Å²) in [5.41, 5.74) is 3.61. The largest absolute Gasteiger partial charge is 0.314 e. The second-order valence-corrected chi connectivity index (χ2v) is 13.3. The molecule has 0 aromatic heterocycles. The molecule has 1 N–H and O–H groups in total. The van der Waals surface area contributed by atoms with E-state index in [1.54, 1.807) is 4.90 Å². The average molecular weight is 550 g/mol. The normalized spacial score (nSPS) is 20.5. The van der Waals surface area contributed by atoms with E-state index in [-0.39, 0.29) is 16.8 Å². The van der Waals surface area contributed by atoms with E-state index in [1.165, 1.54) is 31.7 Å². The van der Waals surface area contributed by atoms with E-state index in [1.807, 2.05) is 58.0 Å². The first-order valence-electron chi connectivity index (χ1n) is 11.9. The van der Waals surface area contributed by atoms with Crippen LogP contribution in [0.15, 0.2) is 45.8 Å². The third kappa shape index (κ3) is 5.47. The Bertz CT molecular complexity index is 1100. The molecule has 1 aliphatic heterocycles. The van der Waals surface area contributed by atoms with E-state index in [2.05, 4.69) is 20.7 Å². The zero-order chi connectivity index (χ0) is 24.7. The summed E-state index contributed by atoms with van der Waals surface area (Å²) in [5.74, 6) is -0.290. The van der Waals surface area contributed by atoms with E-state index in [0.717, 1.165) is 47.5 Å². The van der Waals surface area contributed by atoms with Crippen LogP contribution in [0.4, 0.5) is 10.1 Å². The molecule has 2 fully saturated rings. The van der Waals surface area contributed by atoms with Crippen LogP contribution in [0, 0.1) is 18.2 Å². The molecule has 1 amide bonds. The number of carbonyl (C=O) groups excluding carboxylic acids is 1. The summed E-state index contributed by atoms with van der Waals surface area (Å²) in [5, 5.41) is 0. The van der Waals surface area contributed by atoms with Crippen LogP contribution in [-0.2, 0) is 21.2 Å². The maximum atomic E-state index is 13.8. The number of fused-ring (bicyclic) bond motifs is 2. The molecule has 2 aliphatic carbocycles. The van der Waals surface area contributed by atoms with Crippen molar-refractivity contribution in [2.75, 3.05) is 11.4 Å². The molecule has 3 aliphatic rings. The lowest BCUT2D eigenvalue weighted by molar-refractivity contribution is -0.107. The molecule has 1 atom stereocenters. The van der Waals surface area contributed by atoms with Crippen LogP contribution in [0.2, 0.25) is 0 Å². The number of halogens is 2. The fourth-order valence-corrected chi connectivity index (χ4v) is 6.73. The number of amides is 1. The Morgan fingerprint density at radius 1 is 1.09 bits per heavy atom. The summed E-state index contributed by atoms with van der Waals surface area (Å²) in [6, 6.07) is 11.1. The third-order valence-corrected chi connectivity index (χ3v) is 9.43. The van der Waals surface area contributed by atoms with Crippen molar-refractivity contribution >= 4 is 39.0 Å². The van der Waals surface area contributed by atoms with Crippen molar-refractivity contribution in [3.8, 4) is 0 Å². The van der Waals surface area contributed by atoms with Crippen molar-refractivity contribution in [1.82, 2.24) is 4.72 Å². The van der Waals surface area contributed by atoms with Gasteiger partial charge in [-0.05, 0) is 123 Å². The van der Waals surface area contributed by atoms with E-state index >= 15 is 0 Å². The average Bonchev–Trinajstić information content (AvgIpc) is 3.48. The zero-order valence-electron chi connectivity index (χ0n) is 20.4. The van der Waals surface area contributed by atoms with E-state index < -0.39 is 11.0 Å². The summed E-state index contributed by atoms with van der Waals surface area (Å²) < 4.78 is 29.1. The molecular formula is C27H34BrFN2O2S. The van der Waals surface area contributed by atoms with Gasteiger partial charge in [-0.3, -0.25) is 4.79 Å². The Labute approximate surface area is 213 Å². The Hall–Kier alpha value is -1.57. The van der Waals surface area contributed by atoms with Crippen molar-refractivity contribution < 1.29 is 13.4 Å². The van der Waals surface area contributed by atoms with Gasteiger partial charge in [-0.15, -0.1) is 0 Å². The molecule has 184 valence electrons. The van der Waals surface area contributed by atoms with Gasteiger partial charge in [0.15, 0.2) is 0 Å². The van der Waals surface area contributed by atoms with Crippen LogP contribution in [0.25, 0.3) is 0 Å². The van der Waals surface area contributed by atoms with Gasteiger partial charge in [0.2, 0.25) is 6.41 Å². The molecule has 5 rings (SSSR count). The summed E-state index contributed by atoms with van der Waals surface area (Å²) in [6.45, 7) is 8.72. The second-order valence-electron chi connectivity index (χ2n) is 11.2. The molecule has 4 nitrogen and oxygen atoms in total. The number of rotatable bonds is 3.